The van der Waals surface area contributed by atoms with Gasteiger partial charge in [-0.3, -0.25) is 9.48 Å². The maximum absolute atomic E-state index is 11.8. The number of Topliss-reactive ketones (excluding diaryl/α,β-unsaturated/α-hetero) is 1. The maximum atomic E-state index is 11.8. The number of hydrogen-bond acceptors (Lipinski definition) is 4. The van der Waals surface area contributed by atoms with Crippen LogP contribution < -0.4 is 0 Å². The standard InChI is InChI=1S/C12H14N4O/c1-9-7-13-12(14-8-9)11(17)4-3-10-5-6-15-16(10)2/h5-8H,3-4H2,1-2H3. The van der Waals surface area contributed by atoms with E-state index in [1.165, 1.54) is 0 Å². The second kappa shape index (κ2) is 4.86. The fourth-order valence-electron chi connectivity index (χ4n) is 1.54. The molecular weight excluding hydrogens is 216 g/mol. The van der Waals surface area contributed by atoms with Crippen molar-refractivity contribution in [2.75, 3.05) is 0 Å². The Bertz CT molecular complexity index is 516. The van der Waals surface area contributed by atoms with Gasteiger partial charge in [0.25, 0.3) is 0 Å². The van der Waals surface area contributed by atoms with Crippen LogP contribution in [0.4, 0.5) is 0 Å². The number of carbonyl (C=O) groups excluding carboxylic acids is 1. The summed E-state index contributed by atoms with van der Waals surface area (Å²) in [6.07, 6.45) is 6.10. The third kappa shape index (κ3) is 2.75. The maximum Gasteiger partial charge on any atom is 0.200 e. The van der Waals surface area contributed by atoms with Crippen LogP contribution in [0.1, 0.15) is 28.3 Å². The van der Waals surface area contributed by atoms with Gasteiger partial charge in [-0.15, -0.1) is 0 Å². The van der Waals surface area contributed by atoms with E-state index in [2.05, 4.69) is 15.1 Å². The molecule has 5 heteroatoms. The summed E-state index contributed by atoms with van der Waals surface area (Å²) in [5, 5.41) is 4.05. The molecule has 0 spiro atoms. The van der Waals surface area contributed by atoms with Crippen LogP contribution in [0.5, 0.6) is 0 Å². The highest BCUT2D eigenvalue weighted by molar-refractivity contribution is 5.92. The zero-order valence-electron chi connectivity index (χ0n) is 9.92. The van der Waals surface area contributed by atoms with Crippen LogP contribution in [-0.2, 0) is 13.5 Å². The Kier molecular flexibility index (Phi) is 3.27. The summed E-state index contributed by atoms with van der Waals surface area (Å²) in [5.74, 6) is 0.254. The molecule has 0 aliphatic carbocycles. The fourth-order valence-corrected chi connectivity index (χ4v) is 1.54. The van der Waals surface area contributed by atoms with Crippen molar-refractivity contribution >= 4 is 5.78 Å². The summed E-state index contributed by atoms with van der Waals surface area (Å²) in [4.78, 5) is 19.8. The van der Waals surface area contributed by atoms with Gasteiger partial charge in [-0.25, -0.2) is 9.97 Å². The van der Waals surface area contributed by atoms with Gasteiger partial charge in [0.15, 0.2) is 11.6 Å². The fraction of sp³-hybridized carbons (Fsp3) is 0.333. The number of aromatic nitrogens is 4. The average Bonchev–Trinajstić information content (AvgIpc) is 2.73. The molecule has 17 heavy (non-hydrogen) atoms. The summed E-state index contributed by atoms with van der Waals surface area (Å²) in [7, 11) is 1.86. The topological polar surface area (TPSA) is 60.7 Å². The van der Waals surface area contributed by atoms with Gasteiger partial charge < -0.3 is 0 Å². The molecule has 0 aliphatic heterocycles. The quantitative estimate of drug-likeness (QED) is 0.743. The molecule has 0 amide bonds. The van der Waals surface area contributed by atoms with E-state index in [4.69, 9.17) is 0 Å². The van der Waals surface area contributed by atoms with Crippen molar-refractivity contribution < 1.29 is 4.79 Å². The molecule has 0 saturated heterocycles. The van der Waals surface area contributed by atoms with Crippen LogP contribution >= 0.6 is 0 Å². The summed E-state index contributed by atoms with van der Waals surface area (Å²) < 4.78 is 1.77. The normalized spacial score (nSPS) is 10.5. The Balaban J connectivity index is 1.98. The second-order valence-electron chi connectivity index (χ2n) is 3.95. The number of hydrogen-bond donors (Lipinski definition) is 0. The molecule has 2 aromatic heterocycles. The predicted molar refractivity (Wildman–Crippen MR) is 62.6 cm³/mol. The van der Waals surface area contributed by atoms with Gasteiger partial charge in [0.2, 0.25) is 0 Å². The highest BCUT2D eigenvalue weighted by Gasteiger charge is 2.10. The van der Waals surface area contributed by atoms with Crippen LogP contribution in [0.2, 0.25) is 0 Å². The third-order valence-electron chi connectivity index (χ3n) is 2.56. The Morgan fingerprint density at radius 2 is 2.06 bits per heavy atom. The highest BCUT2D eigenvalue weighted by atomic mass is 16.1. The number of rotatable bonds is 4. The van der Waals surface area contributed by atoms with Crippen LogP contribution in [-0.4, -0.2) is 25.5 Å². The molecule has 0 N–H and O–H groups in total. The first kappa shape index (κ1) is 11.4. The van der Waals surface area contributed by atoms with Crippen LogP contribution in [0.3, 0.4) is 0 Å². The molecule has 0 radical (unpaired) electrons. The Morgan fingerprint density at radius 3 is 2.65 bits per heavy atom. The van der Waals surface area contributed by atoms with Gasteiger partial charge in [0.05, 0.1) is 0 Å². The van der Waals surface area contributed by atoms with Crippen molar-refractivity contribution in [3.8, 4) is 0 Å². The molecule has 0 aliphatic rings. The third-order valence-corrected chi connectivity index (χ3v) is 2.56. The first-order valence-corrected chi connectivity index (χ1v) is 5.45. The smallest absolute Gasteiger partial charge is 0.200 e. The van der Waals surface area contributed by atoms with Gasteiger partial charge >= 0.3 is 0 Å². The van der Waals surface area contributed by atoms with Crippen LogP contribution in [0, 0.1) is 6.92 Å². The Labute approximate surface area is 99.5 Å². The first-order chi connectivity index (χ1) is 8.16. The van der Waals surface area contributed by atoms with Gasteiger partial charge in [0.1, 0.15) is 0 Å². The lowest BCUT2D eigenvalue weighted by atomic mass is 10.1. The molecule has 88 valence electrons. The summed E-state index contributed by atoms with van der Waals surface area (Å²) in [6.45, 7) is 1.89. The van der Waals surface area contributed by atoms with Crippen LogP contribution in [0.15, 0.2) is 24.7 Å². The zero-order chi connectivity index (χ0) is 12.3. The molecule has 0 fully saturated rings. The molecule has 5 nitrogen and oxygen atoms in total. The highest BCUT2D eigenvalue weighted by Crippen LogP contribution is 2.04. The van der Waals surface area contributed by atoms with E-state index in [0.29, 0.717) is 12.8 Å². The molecule has 0 aromatic carbocycles. The monoisotopic (exact) mass is 230 g/mol. The van der Waals surface area contributed by atoms with Crippen molar-refractivity contribution in [1.29, 1.82) is 0 Å². The lowest BCUT2D eigenvalue weighted by Crippen LogP contribution is -2.08. The molecule has 0 saturated carbocycles. The first-order valence-electron chi connectivity index (χ1n) is 5.45. The van der Waals surface area contributed by atoms with E-state index in [0.717, 1.165) is 11.3 Å². The number of carbonyl (C=O) groups is 1. The van der Waals surface area contributed by atoms with Crippen molar-refractivity contribution in [2.45, 2.75) is 19.8 Å². The van der Waals surface area contributed by atoms with Crippen LogP contribution in [0.25, 0.3) is 0 Å². The lowest BCUT2D eigenvalue weighted by molar-refractivity contribution is 0.0972. The Morgan fingerprint density at radius 1 is 1.35 bits per heavy atom. The summed E-state index contributed by atoms with van der Waals surface area (Å²) >= 11 is 0. The van der Waals surface area contributed by atoms with Gasteiger partial charge in [-0.2, -0.15) is 5.10 Å². The average molecular weight is 230 g/mol. The van der Waals surface area contributed by atoms with E-state index < -0.39 is 0 Å². The summed E-state index contributed by atoms with van der Waals surface area (Å²) in [6, 6.07) is 1.91. The minimum absolute atomic E-state index is 0.0359. The molecule has 2 rings (SSSR count). The lowest BCUT2D eigenvalue weighted by Gasteiger charge is -2.01. The van der Waals surface area contributed by atoms with Crippen molar-refractivity contribution in [3.63, 3.8) is 0 Å². The second-order valence-corrected chi connectivity index (χ2v) is 3.95. The summed E-state index contributed by atoms with van der Waals surface area (Å²) in [5.41, 5.74) is 1.98. The van der Waals surface area contributed by atoms with Gasteiger partial charge in [-0.1, -0.05) is 0 Å². The predicted octanol–water partition coefficient (Wildman–Crippen LogP) is 1.33. The molecule has 0 atom stereocenters. The van der Waals surface area contributed by atoms with E-state index >= 15 is 0 Å². The molecule has 2 aromatic rings. The van der Waals surface area contributed by atoms with E-state index in [1.54, 1.807) is 23.3 Å². The van der Waals surface area contributed by atoms with Gasteiger partial charge in [-0.05, 0) is 25.0 Å². The van der Waals surface area contributed by atoms with Crippen molar-refractivity contribution in [2.24, 2.45) is 7.05 Å². The number of aryl methyl sites for hydroxylation is 3. The largest absolute Gasteiger partial charge is 0.291 e. The molecule has 0 bridgehead atoms. The SMILES string of the molecule is Cc1cnc(C(=O)CCc2ccnn2C)nc1. The molecule has 2 heterocycles. The zero-order valence-corrected chi connectivity index (χ0v) is 9.92. The molecular formula is C12H14N4O. The number of nitrogens with zero attached hydrogens (tertiary/aromatic N) is 4. The van der Waals surface area contributed by atoms with E-state index in [1.807, 2.05) is 20.0 Å². The minimum Gasteiger partial charge on any atom is -0.291 e. The van der Waals surface area contributed by atoms with Crippen molar-refractivity contribution in [1.82, 2.24) is 19.7 Å². The molecule has 0 unspecified atom stereocenters. The van der Waals surface area contributed by atoms with E-state index in [9.17, 15) is 4.79 Å². The van der Waals surface area contributed by atoms with Crippen molar-refractivity contribution in [3.05, 3.63) is 41.7 Å². The minimum atomic E-state index is -0.0359. The Hall–Kier alpha value is -2.04. The van der Waals surface area contributed by atoms with E-state index in [-0.39, 0.29) is 11.6 Å². The van der Waals surface area contributed by atoms with Gasteiger partial charge in [0, 0.05) is 37.8 Å². The number of ketones is 1.